The lowest BCUT2D eigenvalue weighted by Crippen LogP contribution is -2.12. The zero-order chi connectivity index (χ0) is 16.6. The topological polar surface area (TPSA) is 38.3 Å². The molecule has 0 unspecified atom stereocenters. The summed E-state index contributed by atoms with van der Waals surface area (Å²) in [5, 5.41) is 2.94. The van der Waals surface area contributed by atoms with Crippen LogP contribution in [0.25, 0.3) is 0 Å². The smallest absolute Gasteiger partial charge is 0.224 e. The summed E-state index contributed by atoms with van der Waals surface area (Å²) >= 11 is 0. The predicted octanol–water partition coefficient (Wildman–Crippen LogP) is 5.05. The number of ether oxygens (including phenoxy) is 1. The second kappa shape index (κ2) is 7.97. The summed E-state index contributed by atoms with van der Waals surface area (Å²) in [6.07, 6.45) is 1.15. The molecule has 0 atom stereocenters. The van der Waals surface area contributed by atoms with Gasteiger partial charge in [0.15, 0.2) is 5.75 Å². The second-order valence-corrected chi connectivity index (χ2v) is 5.45. The van der Waals surface area contributed by atoms with Gasteiger partial charge in [-0.25, -0.2) is 0 Å². The fourth-order valence-corrected chi connectivity index (χ4v) is 2.39. The Bertz CT molecular complexity index is 785. The molecule has 0 aliphatic heterocycles. The van der Waals surface area contributed by atoms with E-state index in [2.05, 4.69) is 5.32 Å². The Kier molecular flexibility index (Phi) is 5.25. The molecule has 3 heteroatoms. The number of hydrogen-bond acceptors (Lipinski definition) is 2. The lowest BCUT2D eigenvalue weighted by Gasteiger charge is -2.12. The van der Waals surface area contributed by atoms with Gasteiger partial charge in [-0.3, -0.25) is 4.79 Å². The molecule has 3 nitrogen and oxygen atoms in total. The van der Waals surface area contributed by atoms with Crippen LogP contribution in [-0.2, 0) is 11.2 Å². The van der Waals surface area contributed by atoms with Crippen LogP contribution < -0.4 is 10.1 Å². The molecule has 1 N–H and O–H groups in total. The summed E-state index contributed by atoms with van der Waals surface area (Å²) in [5.74, 6) is 1.35. The van der Waals surface area contributed by atoms with Crippen molar-refractivity contribution in [2.45, 2.75) is 12.8 Å². The summed E-state index contributed by atoms with van der Waals surface area (Å²) in [6, 6.07) is 27.0. The van der Waals surface area contributed by atoms with E-state index < -0.39 is 0 Å². The van der Waals surface area contributed by atoms with Crippen molar-refractivity contribution in [3.8, 4) is 11.5 Å². The van der Waals surface area contributed by atoms with E-state index >= 15 is 0 Å². The van der Waals surface area contributed by atoms with Gasteiger partial charge in [0.05, 0.1) is 5.69 Å². The van der Waals surface area contributed by atoms with Crippen molar-refractivity contribution in [3.05, 3.63) is 90.5 Å². The normalized spacial score (nSPS) is 10.2. The standard InChI is InChI=1S/C21H19NO2/c23-21(16-15-17-9-3-1-4-10-17)22-19-13-7-8-14-20(19)24-18-11-5-2-6-12-18/h1-14H,15-16H2,(H,22,23). The van der Waals surface area contributed by atoms with Gasteiger partial charge in [-0.1, -0.05) is 60.7 Å². The maximum Gasteiger partial charge on any atom is 0.224 e. The molecule has 24 heavy (non-hydrogen) atoms. The van der Waals surface area contributed by atoms with Crippen LogP contribution in [0, 0.1) is 0 Å². The Labute approximate surface area is 141 Å². The van der Waals surface area contributed by atoms with Crippen LogP contribution in [-0.4, -0.2) is 5.91 Å². The number of aryl methyl sites for hydroxylation is 1. The zero-order valence-electron chi connectivity index (χ0n) is 13.3. The Morgan fingerprint density at radius 2 is 1.42 bits per heavy atom. The largest absolute Gasteiger partial charge is 0.455 e. The summed E-state index contributed by atoms with van der Waals surface area (Å²) in [4.78, 5) is 12.2. The highest BCUT2D eigenvalue weighted by molar-refractivity contribution is 5.92. The van der Waals surface area contributed by atoms with E-state index in [9.17, 15) is 4.79 Å². The van der Waals surface area contributed by atoms with Gasteiger partial charge in [0.25, 0.3) is 0 Å². The van der Waals surface area contributed by atoms with Crippen molar-refractivity contribution in [1.82, 2.24) is 0 Å². The van der Waals surface area contributed by atoms with E-state index in [-0.39, 0.29) is 5.91 Å². The molecular formula is C21H19NO2. The number of benzene rings is 3. The first kappa shape index (κ1) is 15.8. The first-order valence-electron chi connectivity index (χ1n) is 7.97. The number of amides is 1. The SMILES string of the molecule is O=C(CCc1ccccc1)Nc1ccccc1Oc1ccccc1. The Morgan fingerprint density at radius 3 is 2.17 bits per heavy atom. The number of anilines is 1. The molecule has 0 fully saturated rings. The van der Waals surface area contributed by atoms with Gasteiger partial charge < -0.3 is 10.1 Å². The first-order chi connectivity index (χ1) is 11.8. The van der Waals surface area contributed by atoms with Gasteiger partial charge in [0, 0.05) is 6.42 Å². The number of para-hydroxylation sites is 3. The number of rotatable bonds is 6. The van der Waals surface area contributed by atoms with Crippen molar-refractivity contribution in [3.63, 3.8) is 0 Å². The molecule has 0 saturated carbocycles. The van der Waals surface area contributed by atoms with Crippen molar-refractivity contribution < 1.29 is 9.53 Å². The van der Waals surface area contributed by atoms with Crippen molar-refractivity contribution in [2.75, 3.05) is 5.32 Å². The molecule has 120 valence electrons. The molecule has 1 amide bonds. The Hall–Kier alpha value is -3.07. The van der Waals surface area contributed by atoms with E-state index in [0.717, 1.165) is 11.3 Å². The molecule has 0 heterocycles. The average Bonchev–Trinajstić information content (AvgIpc) is 2.63. The van der Waals surface area contributed by atoms with Gasteiger partial charge in [0.2, 0.25) is 5.91 Å². The van der Waals surface area contributed by atoms with Crippen LogP contribution in [0.3, 0.4) is 0 Å². The lowest BCUT2D eigenvalue weighted by atomic mass is 10.1. The summed E-state index contributed by atoms with van der Waals surface area (Å²) in [7, 11) is 0. The van der Waals surface area contributed by atoms with Crippen molar-refractivity contribution in [1.29, 1.82) is 0 Å². The molecule has 0 aromatic heterocycles. The Balaban J connectivity index is 1.63. The summed E-state index contributed by atoms with van der Waals surface area (Å²) in [6.45, 7) is 0. The van der Waals surface area contributed by atoms with E-state index in [4.69, 9.17) is 4.74 Å². The van der Waals surface area contributed by atoms with E-state index in [1.54, 1.807) is 0 Å². The molecule has 3 aromatic carbocycles. The number of carbonyl (C=O) groups excluding carboxylic acids is 1. The molecule has 0 radical (unpaired) electrons. The Morgan fingerprint density at radius 1 is 0.792 bits per heavy atom. The van der Waals surface area contributed by atoms with Gasteiger partial charge in [-0.2, -0.15) is 0 Å². The highest BCUT2D eigenvalue weighted by Gasteiger charge is 2.08. The number of nitrogens with one attached hydrogen (secondary N) is 1. The van der Waals surface area contributed by atoms with Gasteiger partial charge in [0.1, 0.15) is 5.75 Å². The molecule has 0 aliphatic carbocycles. The highest BCUT2D eigenvalue weighted by atomic mass is 16.5. The number of hydrogen-bond donors (Lipinski definition) is 1. The number of carbonyl (C=O) groups is 1. The third kappa shape index (κ3) is 4.46. The third-order valence-corrected chi connectivity index (χ3v) is 3.62. The van der Waals surface area contributed by atoms with E-state index in [1.165, 1.54) is 0 Å². The van der Waals surface area contributed by atoms with Gasteiger partial charge in [-0.05, 0) is 36.2 Å². The lowest BCUT2D eigenvalue weighted by molar-refractivity contribution is -0.116. The maximum atomic E-state index is 12.2. The molecule has 0 spiro atoms. The molecule has 3 aromatic rings. The maximum absolute atomic E-state index is 12.2. The van der Waals surface area contributed by atoms with Crippen LogP contribution >= 0.6 is 0 Å². The van der Waals surface area contributed by atoms with E-state index in [1.807, 2.05) is 84.9 Å². The predicted molar refractivity (Wildman–Crippen MR) is 96.4 cm³/mol. The molecule has 0 aliphatic rings. The quantitative estimate of drug-likeness (QED) is 0.691. The minimum atomic E-state index is -0.0250. The summed E-state index contributed by atoms with van der Waals surface area (Å²) < 4.78 is 5.86. The van der Waals surface area contributed by atoms with Crippen LogP contribution in [0.2, 0.25) is 0 Å². The second-order valence-electron chi connectivity index (χ2n) is 5.45. The first-order valence-corrected chi connectivity index (χ1v) is 7.97. The molecular weight excluding hydrogens is 298 g/mol. The zero-order valence-corrected chi connectivity index (χ0v) is 13.3. The third-order valence-electron chi connectivity index (χ3n) is 3.62. The van der Waals surface area contributed by atoms with Crippen molar-refractivity contribution >= 4 is 11.6 Å². The minimum Gasteiger partial charge on any atom is -0.455 e. The minimum absolute atomic E-state index is 0.0250. The molecule has 3 rings (SSSR count). The van der Waals surface area contributed by atoms with Gasteiger partial charge >= 0.3 is 0 Å². The van der Waals surface area contributed by atoms with E-state index in [0.29, 0.717) is 24.3 Å². The molecule has 0 bridgehead atoms. The van der Waals surface area contributed by atoms with Gasteiger partial charge in [-0.15, -0.1) is 0 Å². The summed E-state index contributed by atoms with van der Waals surface area (Å²) in [5.41, 5.74) is 1.83. The fraction of sp³-hybridized carbons (Fsp3) is 0.0952. The van der Waals surface area contributed by atoms with Crippen LogP contribution in [0.5, 0.6) is 11.5 Å². The van der Waals surface area contributed by atoms with Crippen LogP contribution in [0.4, 0.5) is 5.69 Å². The highest BCUT2D eigenvalue weighted by Crippen LogP contribution is 2.29. The fourth-order valence-electron chi connectivity index (χ4n) is 2.39. The molecule has 0 saturated heterocycles. The monoisotopic (exact) mass is 317 g/mol. The van der Waals surface area contributed by atoms with Crippen molar-refractivity contribution in [2.24, 2.45) is 0 Å². The average molecular weight is 317 g/mol. The van der Waals surface area contributed by atoms with Crippen LogP contribution in [0.15, 0.2) is 84.9 Å². The van der Waals surface area contributed by atoms with Crippen LogP contribution in [0.1, 0.15) is 12.0 Å².